The molecule has 0 radical (unpaired) electrons. The molecule has 0 bridgehead atoms. The van der Waals surface area contributed by atoms with E-state index in [9.17, 15) is 0 Å². The Kier molecular flexibility index (Phi) is 7.84. The Bertz CT molecular complexity index is 380. The third-order valence-electron chi connectivity index (χ3n) is 3.64. The second-order valence-corrected chi connectivity index (χ2v) is 26.5. The topological polar surface area (TPSA) is 3.24 Å². The molecule has 1 nitrogen and oxygen atoms in total. The Hall–Kier alpha value is 2.14. The molecule has 2 rings (SSSR count). The molecule has 1 saturated heterocycles. The zero-order valence-electron chi connectivity index (χ0n) is 10.3. The van der Waals surface area contributed by atoms with E-state index in [1.54, 1.807) is 0 Å². The number of halogens is 3. The number of anilines is 1. The van der Waals surface area contributed by atoms with Gasteiger partial charge in [0.1, 0.15) is 0 Å². The van der Waals surface area contributed by atoms with E-state index in [1.807, 2.05) is 12.1 Å². The van der Waals surface area contributed by atoms with Crippen LogP contribution in [0.5, 0.6) is 0 Å². The van der Waals surface area contributed by atoms with Crippen LogP contribution in [0.25, 0.3) is 0 Å². The van der Waals surface area contributed by atoms with Gasteiger partial charge < -0.3 is 0 Å². The first-order valence-corrected chi connectivity index (χ1v) is 38.4. The summed E-state index contributed by atoms with van der Waals surface area (Å²) in [5, 5.41) is 0.923. The monoisotopic (exact) mass is 769 g/mol. The predicted molar refractivity (Wildman–Crippen MR) is 78.2 cm³/mol. The zero-order chi connectivity index (χ0) is 13.0. The van der Waals surface area contributed by atoms with Crippen molar-refractivity contribution in [2.75, 3.05) is 4.90 Å². The van der Waals surface area contributed by atoms with E-state index in [2.05, 4.69) is 40.8 Å². The third-order valence-corrected chi connectivity index (χ3v) is 18.9. The van der Waals surface area contributed by atoms with Crippen molar-refractivity contribution in [3.05, 3.63) is 29.3 Å². The van der Waals surface area contributed by atoms with E-state index in [-0.39, 0.29) is 0 Å². The van der Waals surface area contributed by atoms with Gasteiger partial charge in [-0.1, -0.05) is 0 Å². The molecule has 0 saturated carbocycles. The summed E-state index contributed by atoms with van der Waals surface area (Å²) in [7, 11) is 0. The molecule has 0 amide bonds. The van der Waals surface area contributed by atoms with Crippen molar-refractivity contribution in [3.63, 3.8) is 0 Å². The van der Waals surface area contributed by atoms with Crippen LogP contribution >= 0.6 is 35.4 Å². The van der Waals surface area contributed by atoms with Crippen molar-refractivity contribution in [2.45, 2.75) is 32.8 Å². The fraction of sp³-hybridized carbons (Fsp3) is 0.500. The van der Waals surface area contributed by atoms with Crippen LogP contribution in [0.15, 0.2) is 24.3 Å². The number of rotatable bonds is 5. The Labute approximate surface area is 150 Å². The van der Waals surface area contributed by atoms with Crippen LogP contribution in [0.2, 0.25) is 12.9 Å². The number of para-hydroxylation sites is 1. The van der Waals surface area contributed by atoms with Crippen molar-refractivity contribution < 1.29 is 44.3 Å². The van der Waals surface area contributed by atoms with Gasteiger partial charge in [0.05, 0.1) is 0 Å². The van der Waals surface area contributed by atoms with Gasteiger partial charge in [-0.3, -0.25) is 0 Å². The summed E-state index contributed by atoms with van der Waals surface area (Å²) >= 11 is 12.5. The first-order chi connectivity index (χ1) is 8.77. The molecule has 6 heteroatoms. The van der Waals surface area contributed by atoms with Crippen molar-refractivity contribution in [1.29, 1.82) is 0 Å². The molecule has 1 aromatic carbocycles. The van der Waals surface area contributed by atoms with Crippen LogP contribution in [-0.2, 0) is 44.3 Å². The quantitative estimate of drug-likeness (QED) is 0.368. The minimum atomic E-state index is -0.751. The Morgan fingerprint density at radius 2 is 1.67 bits per heavy atom. The van der Waals surface area contributed by atoms with Crippen LogP contribution in [0.1, 0.15) is 12.8 Å². The number of benzene rings is 1. The Morgan fingerprint density at radius 3 is 2.17 bits per heavy atom. The molecule has 1 aliphatic heterocycles. The average Bonchev–Trinajstić information content (AvgIpc) is 2.74. The standard InChI is InChI=1S/C12H14ClN.2BrH.2Hg/c1-9-7-8-10(2)14(9)12-6-4-3-5-11(12)13;;;;/h3-6,9-10H,1-2,7-8H2;2*1H;;/q;;;2*+1/p-2. The second-order valence-electron chi connectivity index (χ2n) is 4.70. The summed E-state index contributed by atoms with van der Waals surface area (Å²) in [6.45, 7) is 0. The molecule has 1 fully saturated rings. The van der Waals surface area contributed by atoms with Gasteiger partial charge in [0.2, 0.25) is 0 Å². The van der Waals surface area contributed by atoms with E-state index in [4.69, 9.17) is 11.6 Å². The van der Waals surface area contributed by atoms with E-state index in [1.165, 1.54) is 26.4 Å². The van der Waals surface area contributed by atoms with Crippen molar-refractivity contribution >= 4 is 41.1 Å². The van der Waals surface area contributed by atoms with Crippen LogP contribution in [0, 0.1) is 0 Å². The van der Waals surface area contributed by atoms with Crippen LogP contribution in [-0.4, -0.2) is 12.1 Å². The predicted octanol–water partition coefficient (Wildman–Crippen LogP) is 5.30. The van der Waals surface area contributed by atoms with Gasteiger partial charge in [-0.15, -0.1) is 0 Å². The van der Waals surface area contributed by atoms with Gasteiger partial charge in [-0.05, 0) is 0 Å². The molecule has 0 aromatic heterocycles. The average molecular weight is 769 g/mol. The van der Waals surface area contributed by atoms with Crippen molar-refractivity contribution in [3.8, 4) is 0 Å². The maximum absolute atomic E-state index is 6.41. The van der Waals surface area contributed by atoms with Gasteiger partial charge in [0.15, 0.2) is 0 Å². The van der Waals surface area contributed by atoms with Gasteiger partial charge in [0, 0.05) is 0 Å². The summed E-state index contributed by atoms with van der Waals surface area (Å²) in [5.74, 6) is 0. The van der Waals surface area contributed by atoms with Crippen LogP contribution in [0.4, 0.5) is 5.69 Å². The summed E-state index contributed by atoms with van der Waals surface area (Å²) in [5.41, 5.74) is 1.27. The molecule has 0 aliphatic carbocycles. The number of hydrogen-bond acceptors (Lipinski definition) is 1. The molecule has 0 spiro atoms. The molecule has 0 N–H and O–H groups in total. The summed E-state index contributed by atoms with van der Waals surface area (Å²) in [6, 6.07) is 9.88. The van der Waals surface area contributed by atoms with E-state index in [0.717, 1.165) is 17.1 Å². The molecule has 92 valence electrons. The fourth-order valence-electron chi connectivity index (χ4n) is 2.83. The molecule has 18 heavy (non-hydrogen) atoms. The molecular weight excluding hydrogens is 755 g/mol. The summed E-state index contributed by atoms with van der Waals surface area (Å²) in [4.78, 5) is 2.66. The second kappa shape index (κ2) is 8.55. The minimum absolute atomic E-state index is 0.751. The SMILES string of the molecule is Clc1ccccc1N1C([CH2][Hg][Br])CCC1[CH2][Hg][Br]. The Balaban J connectivity index is 2.25. The van der Waals surface area contributed by atoms with E-state index in [0.29, 0.717) is 0 Å². The van der Waals surface area contributed by atoms with Gasteiger partial charge in [-0.25, -0.2) is 0 Å². The first-order valence-electron chi connectivity index (χ1n) is 6.42. The third kappa shape index (κ3) is 4.08. The van der Waals surface area contributed by atoms with Gasteiger partial charge in [0.25, 0.3) is 0 Å². The maximum atomic E-state index is 6.41. The number of hydrogen-bond donors (Lipinski definition) is 0. The van der Waals surface area contributed by atoms with Crippen LogP contribution in [0.3, 0.4) is 0 Å². The molecule has 1 aromatic rings. The van der Waals surface area contributed by atoms with E-state index < -0.39 is 44.3 Å². The number of nitrogens with zero attached hydrogens (tertiary/aromatic N) is 1. The summed E-state index contributed by atoms with van der Waals surface area (Å²) < 4.78 is 2.86. The van der Waals surface area contributed by atoms with Gasteiger partial charge >= 0.3 is 152 Å². The molecular formula is C12H14Br2ClHg2N. The van der Waals surface area contributed by atoms with Crippen LogP contribution < -0.4 is 4.90 Å². The summed E-state index contributed by atoms with van der Waals surface area (Å²) in [6.07, 6.45) is 2.73. The molecule has 1 aliphatic rings. The van der Waals surface area contributed by atoms with E-state index >= 15 is 0 Å². The zero-order valence-corrected chi connectivity index (χ0v) is 25.2. The van der Waals surface area contributed by atoms with Gasteiger partial charge in [-0.2, -0.15) is 0 Å². The fourth-order valence-corrected chi connectivity index (χ4v) is 18.7. The molecule has 1 heterocycles. The van der Waals surface area contributed by atoms with Crippen molar-refractivity contribution in [2.24, 2.45) is 0 Å². The van der Waals surface area contributed by atoms with Crippen molar-refractivity contribution in [1.82, 2.24) is 0 Å². The normalized spacial score (nSPS) is 22.7. The first kappa shape index (κ1) is 16.5. The molecule has 2 atom stereocenters. The Morgan fingerprint density at radius 1 is 1.11 bits per heavy atom. The molecule has 2 unspecified atom stereocenters.